The second kappa shape index (κ2) is 13.4. The Balaban J connectivity index is 1.57. The van der Waals surface area contributed by atoms with Gasteiger partial charge in [0.1, 0.15) is 10.4 Å². The van der Waals surface area contributed by atoms with Gasteiger partial charge in [0.15, 0.2) is 0 Å². The minimum Gasteiger partial charge on any atom is -0.378 e. The molecule has 0 radical (unpaired) electrons. The second-order valence-corrected chi connectivity index (χ2v) is 13.5. The molecule has 44 heavy (non-hydrogen) atoms. The van der Waals surface area contributed by atoms with E-state index in [1.807, 2.05) is 50.4 Å². The number of aryl methyl sites for hydroxylation is 1. The summed E-state index contributed by atoms with van der Waals surface area (Å²) >= 11 is 1.33. The molecule has 4 amide bonds. The standard InChI is InChI=1S/C33H44N6O4S/c1-9-39(33(6,7)30(41)34-8)29(40)28-26(19-27(44-28)32(3,4)5)37-31(42)36-25-18-22(11-10-21(25)2)24-13-12-23(20-35-24)38-14-16-43-17-15-38/h10-13,18-20H,9,14-17H2,1-8H3,(H,34,41)(H2,36,37,42). The van der Waals surface area contributed by atoms with Crippen LogP contribution < -0.4 is 20.9 Å². The topological polar surface area (TPSA) is 116 Å². The highest BCUT2D eigenvalue weighted by molar-refractivity contribution is 7.14. The molecule has 0 atom stereocenters. The number of ether oxygens (including phenoxy) is 1. The number of thiophene rings is 1. The van der Waals surface area contributed by atoms with Crippen LogP contribution in [-0.2, 0) is 14.9 Å². The van der Waals surface area contributed by atoms with Gasteiger partial charge in [0.25, 0.3) is 5.91 Å². The van der Waals surface area contributed by atoms with E-state index < -0.39 is 11.6 Å². The van der Waals surface area contributed by atoms with Gasteiger partial charge in [-0.3, -0.25) is 14.6 Å². The monoisotopic (exact) mass is 620 g/mol. The average Bonchev–Trinajstić information content (AvgIpc) is 3.43. The van der Waals surface area contributed by atoms with E-state index in [4.69, 9.17) is 4.74 Å². The molecule has 2 aromatic heterocycles. The highest BCUT2D eigenvalue weighted by atomic mass is 32.1. The van der Waals surface area contributed by atoms with Crippen LogP contribution in [0, 0.1) is 6.92 Å². The zero-order chi connectivity index (χ0) is 32.2. The first-order valence-corrected chi connectivity index (χ1v) is 15.7. The van der Waals surface area contributed by atoms with Gasteiger partial charge in [-0.2, -0.15) is 0 Å². The molecule has 1 aliphatic rings. The zero-order valence-electron chi connectivity index (χ0n) is 27.0. The molecular formula is C33H44N6O4S. The second-order valence-electron chi connectivity index (χ2n) is 12.4. The highest BCUT2D eigenvalue weighted by Crippen LogP contribution is 2.37. The van der Waals surface area contributed by atoms with Gasteiger partial charge in [-0.15, -0.1) is 11.3 Å². The average molecular weight is 621 g/mol. The molecule has 1 aromatic carbocycles. The van der Waals surface area contributed by atoms with Crippen LogP contribution >= 0.6 is 11.3 Å². The molecule has 10 nitrogen and oxygen atoms in total. The van der Waals surface area contributed by atoms with E-state index in [2.05, 4.69) is 52.7 Å². The van der Waals surface area contributed by atoms with Crippen molar-refractivity contribution in [3.8, 4) is 11.3 Å². The summed E-state index contributed by atoms with van der Waals surface area (Å²) in [6.45, 7) is 16.8. The molecule has 3 heterocycles. The zero-order valence-corrected chi connectivity index (χ0v) is 27.8. The molecule has 236 valence electrons. The fourth-order valence-corrected chi connectivity index (χ4v) is 6.23. The van der Waals surface area contributed by atoms with Crippen LogP contribution in [0.5, 0.6) is 0 Å². The minimum absolute atomic E-state index is 0.251. The van der Waals surface area contributed by atoms with Gasteiger partial charge < -0.3 is 30.5 Å². The van der Waals surface area contributed by atoms with E-state index in [0.717, 1.165) is 40.5 Å². The molecule has 0 bridgehead atoms. The number of likely N-dealkylation sites (N-methyl/N-ethyl adjacent to an activating group) is 2. The molecule has 1 aliphatic heterocycles. The van der Waals surface area contributed by atoms with E-state index in [0.29, 0.717) is 36.0 Å². The van der Waals surface area contributed by atoms with Gasteiger partial charge in [-0.25, -0.2) is 4.79 Å². The number of urea groups is 1. The summed E-state index contributed by atoms with van der Waals surface area (Å²) < 4.78 is 5.45. The number of morpholine rings is 1. The Bertz CT molecular complexity index is 1500. The third-order valence-electron chi connectivity index (χ3n) is 7.84. The Morgan fingerprint density at radius 3 is 2.27 bits per heavy atom. The highest BCUT2D eigenvalue weighted by Gasteiger charge is 2.38. The maximum atomic E-state index is 13.9. The molecule has 3 N–H and O–H groups in total. The number of nitrogens with one attached hydrogen (secondary N) is 3. The molecule has 0 spiro atoms. The third kappa shape index (κ3) is 7.22. The fraction of sp³-hybridized carbons (Fsp3) is 0.455. The quantitative estimate of drug-likeness (QED) is 0.290. The number of carbonyl (C=O) groups is 3. The first-order chi connectivity index (χ1) is 20.8. The molecule has 3 aromatic rings. The van der Waals surface area contributed by atoms with E-state index in [-0.39, 0.29) is 17.2 Å². The van der Waals surface area contributed by atoms with Crippen LogP contribution in [0.1, 0.15) is 61.7 Å². The van der Waals surface area contributed by atoms with Gasteiger partial charge in [-0.05, 0) is 62.9 Å². The molecule has 4 rings (SSSR count). The van der Waals surface area contributed by atoms with Crippen molar-refractivity contribution < 1.29 is 19.1 Å². The van der Waals surface area contributed by atoms with Gasteiger partial charge in [0, 0.05) is 42.8 Å². The Kier molecular flexibility index (Phi) is 10.00. The summed E-state index contributed by atoms with van der Waals surface area (Å²) in [4.78, 5) is 49.7. The number of hydrogen-bond donors (Lipinski definition) is 3. The number of hydrogen-bond acceptors (Lipinski definition) is 7. The van der Waals surface area contributed by atoms with E-state index in [9.17, 15) is 14.4 Å². The molecule has 0 unspecified atom stereocenters. The van der Waals surface area contributed by atoms with Crippen molar-refractivity contribution in [3.63, 3.8) is 0 Å². The summed E-state index contributed by atoms with van der Waals surface area (Å²) in [5, 5.41) is 8.53. The lowest BCUT2D eigenvalue weighted by atomic mass is 9.94. The SMILES string of the molecule is CCN(C(=O)c1sc(C(C)(C)C)cc1NC(=O)Nc1cc(-c2ccc(N3CCOCC3)cn2)ccc1C)C(C)(C)C(=O)NC. The smallest absolute Gasteiger partial charge is 0.323 e. The van der Waals surface area contributed by atoms with Crippen LogP contribution in [-0.4, -0.2) is 73.2 Å². The number of rotatable bonds is 8. The van der Waals surface area contributed by atoms with Crippen molar-refractivity contribution in [2.24, 2.45) is 0 Å². The van der Waals surface area contributed by atoms with Crippen LogP contribution in [0.25, 0.3) is 11.3 Å². The lowest BCUT2D eigenvalue weighted by Crippen LogP contribution is -2.56. The molecule has 1 saturated heterocycles. The van der Waals surface area contributed by atoms with Gasteiger partial charge >= 0.3 is 6.03 Å². The number of amides is 4. The van der Waals surface area contributed by atoms with Crippen molar-refractivity contribution in [2.75, 3.05) is 55.4 Å². The van der Waals surface area contributed by atoms with Crippen LogP contribution in [0.15, 0.2) is 42.6 Å². The largest absolute Gasteiger partial charge is 0.378 e. The van der Waals surface area contributed by atoms with E-state index in [1.165, 1.54) is 16.2 Å². The van der Waals surface area contributed by atoms with Crippen molar-refractivity contribution in [3.05, 3.63) is 57.9 Å². The predicted octanol–water partition coefficient (Wildman–Crippen LogP) is 5.88. The van der Waals surface area contributed by atoms with Crippen LogP contribution in [0.2, 0.25) is 0 Å². The fourth-order valence-electron chi connectivity index (χ4n) is 5.11. The Labute approximate surface area is 264 Å². The first kappa shape index (κ1) is 32.9. The van der Waals surface area contributed by atoms with Gasteiger partial charge in [0.2, 0.25) is 5.91 Å². The Hall–Kier alpha value is -3.96. The van der Waals surface area contributed by atoms with Crippen molar-refractivity contribution in [1.82, 2.24) is 15.2 Å². The minimum atomic E-state index is -1.09. The van der Waals surface area contributed by atoms with Crippen LogP contribution in [0.3, 0.4) is 0 Å². The summed E-state index contributed by atoms with van der Waals surface area (Å²) in [7, 11) is 1.55. The van der Waals surface area contributed by atoms with E-state index in [1.54, 1.807) is 20.9 Å². The first-order valence-electron chi connectivity index (χ1n) is 14.9. The van der Waals surface area contributed by atoms with Crippen LogP contribution in [0.4, 0.5) is 21.9 Å². The van der Waals surface area contributed by atoms with E-state index >= 15 is 0 Å². The number of carbonyl (C=O) groups excluding carboxylic acids is 3. The number of benzene rings is 1. The number of nitrogens with zero attached hydrogens (tertiary/aromatic N) is 3. The number of pyridine rings is 1. The summed E-state index contributed by atoms with van der Waals surface area (Å²) in [6.07, 6.45) is 1.87. The number of aromatic nitrogens is 1. The molecule has 0 saturated carbocycles. The maximum Gasteiger partial charge on any atom is 0.323 e. The van der Waals surface area contributed by atoms with Gasteiger partial charge in [0.05, 0.1) is 36.5 Å². The maximum absolute atomic E-state index is 13.9. The van der Waals surface area contributed by atoms with Crippen molar-refractivity contribution in [1.29, 1.82) is 0 Å². The summed E-state index contributed by atoms with van der Waals surface area (Å²) in [5.41, 5.74) is 3.31. The predicted molar refractivity (Wildman–Crippen MR) is 178 cm³/mol. The third-order valence-corrected chi connectivity index (χ3v) is 9.39. The van der Waals surface area contributed by atoms with Crippen molar-refractivity contribution in [2.45, 2.75) is 59.4 Å². The Morgan fingerprint density at radius 1 is 1.00 bits per heavy atom. The Morgan fingerprint density at radius 2 is 1.68 bits per heavy atom. The molecular weight excluding hydrogens is 576 g/mol. The number of anilines is 3. The lowest BCUT2D eigenvalue weighted by Gasteiger charge is -2.36. The molecule has 0 aliphatic carbocycles. The summed E-state index contributed by atoms with van der Waals surface area (Å²) in [6, 6.07) is 11.2. The summed E-state index contributed by atoms with van der Waals surface area (Å²) in [5.74, 6) is -0.588. The molecule has 11 heteroatoms. The van der Waals surface area contributed by atoms with Crippen molar-refractivity contribution >= 4 is 46.2 Å². The molecule has 1 fully saturated rings. The van der Waals surface area contributed by atoms with Gasteiger partial charge in [-0.1, -0.05) is 32.9 Å². The lowest BCUT2D eigenvalue weighted by molar-refractivity contribution is -0.129. The normalized spacial score (nSPS) is 13.8.